The average molecular weight is 487 g/mol. The number of halogens is 4. The zero-order chi connectivity index (χ0) is 22.2. The second kappa shape index (κ2) is 8.82. The molecule has 31 heavy (non-hydrogen) atoms. The molecule has 11 heteroatoms. The van der Waals surface area contributed by atoms with Gasteiger partial charge in [-0.15, -0.1) is 11.3 Å². The molecule has 1 saturated heterocycles. The molecular formula is C20H18Cl2F2N4O2S. The Balaban J connectivity index is 1.57. The summed E-state index contributed by atoms with van der Waals surface area (Å²) in [6.07, 6.45) is 0.446. The van der Waals surface area contributed by atoms with Gasteiger partial charge in [0, 0.05) is 43.4 Å². The van der Waals surface area contributed by atoms with E-state index in [2.05, 4.69) is 9.97 Å². The van der Waals surface area contributed by atoms with Gasteiger partial charge in [-0.3, -0.25) is 9.69 Å². The zero-order valence-corrected chi connectivity index (χ0v) is 18.5. The van der Waals surface area contributed by atoms with Crippen LogP contribution in [-0.4, -0.2) is 53.3 Å². The van der Waals surface area contributed by atoms with Crippen molar-refractivity contribution in [2.75, 3.05) is 32.0 Å². The molecule has 0 aliphatic carbocycles. The molecule has 1 aliphatic heterocycles. The second-order valence-corrected chi connectivity index (χ2v) is 9.10. The average Bonchev–Trinajstić information content (AvgIpc) is 3.13. The third-order valence-corrected chi connectivity index (χ3v) is 6.64. The van der Waals surface area contributed by atoms with Gasteiger partial charge in [0.25, 0.3) is 5.92 Å². The second-order valence-electron chi connectivity index (χ2n) is 7.22. The summed E-state index contributed by atoms with van der Waals surface area (Å²) in [4.78, 5) is 22.7. The Morgan fingerprint density at radius 3 is 2.65 bits per heavy atom. The van der Waals surface area contributed by atoms with Crippen molar-refractivity contribution in [2.45, 2.75) is 18.8 Å². The van der Waals surface area contributed by atoms with Gasteiger partial charge in [0.05, 0.1) is 20.6 Å². The lowest BCUT2D eigenvalue weighted by Gasteiger charge is -2.31. The molecule has 2 aromatic heterocycles. The lowest BCUT2D eigenvalue weighted by Crippen LogP contribution is -2.41. The summed E-state index contributed by atoms with van der Waals surface area (Å²) < 4.78 is 32.4. The maximum absolute atomic E-state index is 13.3. The summed E-state index contributed by atoms with van der Waals surface area (Å²) in [5, 5.41) is 1.30. The third kappa shape index (κ3) is 4.90. The molecule has 0 unspecified atom stereocenters. The van der Waals surface area contributed by atoms with E-state index < -0.39 is 5.92 Å². The Bertz CT molecular complexity index is 1130. The Kier molecular flexibility index (Phi) is 6.30. The fraction of sp³-hybridized carbons (Fsp3) is 0.350. The molecule has 4 rings (SSSR count). The lowest BCUT2D eigenvalue weighted by molar-refractivity contribution is -0.0564. The molecule has 0 amide bonds. The van der Waals surface area contributed by atoms with Crippen LogP contribution in [0.25, 0.3) is 21.5 Å². The van der Waals surface area contributed by atoms with Crippen LogP contribution in [-0.2, 0) is 0 Å². The summed E-state index contributed by atoms with van der Waals surface area (Å²) in [5.74, 6) is -2.14. The minimum atomic E-state index is -2.58. The number of aromatic nitrogens is 2. The van der Waals surface area contributed by atoms with Gasteiger partial charge in [-0.1, -0.05) is 23.2 Å². The van der Waals surface area contributed by atoms with Crippen molar-refractivity contribution in [3.8, 4) is 17.0 Å². The number of rotatable bonds is 6. The van der Waals surface area contributed by atoms with Crippen LogP contribution in [0.15, 0.2) is 18.2 Å². The van der Waals surface area contributed by atoms with E-state index in [0.29, 0.717) is 61.8 Å². The third-order valence-electron chi connectivity index (χ3n) is 5.07. The molecule has 0 radical (unpaired) electrons. The molecule has 0 bridgehead atoms. The largest absolute Gasteiger partial charge is 0.491 e. The van der Waals surface area contributed by atoms with Gasteiger partial charge in [-0.2, -0.15) is 0 Å². The van der Waals surface area contributed by atoms with Gasteiger partial charge >= 0.3 is 0 Å². The van der Waals surface area contributed by atoms with E-state index in [4.69, 9.17) is 33.7 Å². The highest BCUT2D eigenvalue weighted by atomic mass is 35.5. The summed E-state index contributed by atoms with van der Waals surface area (Å²) in [6.45, 7) is 1.43. The highest BCUT2D eigenvalue weighted by Crippen LogP contribution is 2.40. The van der Waals surface area contributed by atoms with E-state index in [-0.39, 0.29) is 25.4 Å². The predicted octanol–water partition coefficient (Wildman–Crippen LogP) is 5.17. The smallest absolute Gasteiger partial charge is 0.250 e. The summed E-state index contributed by atoms with van der Waals surface area (Å²) in [5.41, 5.74) is 6.85. The number of nitrogens with zero attached hydrogens (tertiary/aromatic N) is 3. The van der Waals surface area contributed by atoms with Crippen molar-refractivity contribution in [1.82, 2.24) is 14.9 Å². The van der Waals surface area contributed by atoms with Gasteiger partial charge in [0.1, 0.15) is 17.2 Å². The van der Waals surface area contributed by atoms with Crippen molar-refractivity contribution in [3.63, 3.8) is 0 Å². The van der Waals surface area contributed by atoms with Gasteiger partial charge in [-0.25, -0.2) is 18.7 Å². The van der Waals surface area contributed by atoms with Crippen LogP contribution < -0.4 is 10.5 Å². The van der Waals surface area contributed by atoms with E-state index in [1.54, 1.807) is 18.2 Å². The first-order valence-electron chi connectivity index (χ1n) is 9.50. The van der Waals surface area contributed by atoms with Crippen molar-refractivity contribution in [2.24, 2.45) is 0 Å². The molecule has 0 spiro atoms. The molecule has 1 fully saturated rings. The summed E-state index contributed by atoms with van der Waals surface area (Å²) >= 11 is 13.9. The number of carbonyl (C=O) groups is 1. The minimum absolute atomic E-state index is 0.0529. The number of thiophene rings is 1. The maximum atomic E-state index is 13.3. The van der Waals surface area contributed by atoms with Gasteiger partial charge in [-0.05, 0) is 18.2 Å². The first-order valence-corrected chi connectivity index (χ1v) is 11.1. The zero-order valence-electron chi connectivity index (χ0n) is 16.2. The van der Waals surface area contributed by atoms with Crippen molar-refractivity contribution in [1.29, 1.82) is 0 Å². The van der Waals surface area contributed by atoms with E-state index in [1.807, 2.05) is 4.90 Å². The number of anilines is 1. The standard InChI is InChI=1S/C20H18Cl2F2N4O2S/c21-14-9-15(22)16(30-6-5-28-3-1-20(23,24)2-4-28)8-12(14)17-13-7-11(10-29)31-18(13)27-19(25)26-17/h7-10H,1-6H2,(H2,25,26,27). The van der Waals surface area contributed by atoms with Crippen LogP contribution in [0.5, 0.6) is 5.75 Å². The quantitative estimate of drug-likeness (QED) is 0.484. The Hall–Kier alpha value is -2.07. The van der Waals surface area contributed by atoms with Gasteiger partial charge in [0.15, 0.2) is 6.29 Å². The van der Waals surface area contributed by atoms with Crippen molar-refractivity contribution < 1.29 is 18.3 Å². The van der Waals surface area contributed by atoms with Gasteiger partial charge < -0.3 is 10.5 Å². The normalized spacial score (nSPS) is 16.5. The van der Waals surface area contributed by atoms with E-state index >= 15 is 0 Å². The maximum Gasteiger partial charge on any atom is 0.250 e. The molecule has 0 saturated carbocycles. The first kappa shape index (κ1) is 22.1. The number of aldehydes is 1. The number of ether oxygens (including phenoxy) is 1. The number of nitrogen functional groups attached to an aromatic ring is 1. The molecule has 1 aromatic carbocycles. The molecule has 164 valence electrons. The van der Waals surface area contributed by atoms with Gasteiger partial charge in [0.2, 0.25) is 5.95 Å². The fourth-order valence-corrected chi connectivity index (χ4v) is 4.81. The van der Waals surface area contributed by atoms with Crippen LogP contribution in [0.4, 0.5) is 14.7 Å². The number of carbonyl (C=O) groups excluding carboxylic acids is 1. The van der Waals surface area contributed by atoms with Crippen LogP contribution in [0.1, 0.15) is 22.5 Å². The Labute approximate surface area is 190 Å². The highest BCUT2D eigenvalue weighted by molar-refractivity contribution is 7.20. The Morgan fingerprint density at radius 1 is 1.19 bits per heavy atom. The monoisotopic (exact) mass is 486 g/mol. The fourth-order valence-electron chi connectivity index (χ4n) is 3.43. The van der Waals surface area contributed by atoms with E-state index in [0.717, 1.165) is 6.29 Å². The number of hydrogen-bond acceptors (Lipinski definition) is 7. The topological polar surface area (TPSA) is 81.3 Å². The predicted molar refractivity (Wildman–Crippen MR) is 119 cm³/mol. The number of likely N-dealkylation sites (tertiary alicyclic amines) is 1. The molecule has 3 heterocycles. The van der Waals surface area contributed by atoms with Crippen molar-refractivity contribution >= 4 is 57.0 Å². The number of fused-ring (bicyclic) bond motifs is 1. The van der Waals surface area contributed by atoms with Crippen LogP contribution in [0.2, 0.25) is 10.0 Å². The van der Waals surface area contributed by atoms with Crippen molar-refractivity contribution in [3.05, 3.63) is 33.1 Å². The summed E-state index contributed by atoms with van der Waals surface area (Å²) in [6, 6.07) is 4.89. The Morgan fingerprint density at radius 2 is 1.94 bits per heavy atom. The molecular weight excluding hydrogens is 469 g/mol. The molecule has 1 aliphatic rings. The lowest BCUT2D eigenvalue weighted by atomic mass is 10.1. The number of hydrogen-bond donors (Lipinski definition) is 1. The molecule has 2 N–H and O–H groups in total. The molecule has 3 aromatic rings. The highest BCUT2D eigenvalue weighted by Gasteiger charge is 2.33. The van der Waals surface area contributed by atoms with Crippen LogP contribution in [0, 0.1) is 0 Å². The molecule has 6 nitrogen and oxygen atoms in total. The first-order chi connectivity index (χ1) is 14.8. The number of nitrogens with two attached hydrogens (primary N) is 1. The number of benzene rings is 1. The summed E-state index contributed by atoms with van der Waals surface area (Å²) in [7, 11) is 0. The number of piperidine rings is 1. The van der Waals surface area contributed by atoms with E-state index in [9.17, 15) is 13.6 Å². The number of alkyl halides is 2. The van der Waals surface area contributed by atoms with Crippen LogP contribution >= 0.6 is 34.5 Å². The minimum Gasteiger partial charge on any atom is -0.491 e. The van der Waals surface area contributed by atoms with E-state index in [1.165, 1.54) is 11.3 Å². The van der Waals surface area contributed by atoms with Crippen LogP contribution in [0.3, 0.4) is 0 Å². The molecule has 0 atom stereocenters. The SMILES string of the molecule is Nc1nc(-c2cc(OCCN3CCC(F)(F)CC3)c(Cl)cc2Cl)c2cc(C=O)sc2n1.